The number of nitrogens with one attached hydrogen (secondary N) is 2. The average molecular weight is 430 g/mol. The van der Waals surface area contributed by atoms with Crippen LogP contribution in [-0.4, -0.2) is 42.0 Å². The van der Waals surface area contributed by atoms with E-state index in [4.69, 9.17) is 5.73 Å². The molecule has 3 heterocycles. The number of pyridine rings is 1. The van der Waals surface area contributed by atoms with Crippen molar-refractivity contribution in [3.05, 3.63) is 40.0 Å². The molecular formula is C21H31N7OS. The summed E-state index contributed by atoms with van der Waals surface area (Å²) < 4.78 is 0. The summed E-state index contributed by atoms with van der Waals surface area (Å²) in [7, 11) is 1.75. The first-order valence-electron chi connectivity index (χ1n) is 10.3. The fourth-order valence-corrected chi connectivity index (χ4v) is 4.38. The van der Waals surface area contributed by atoms with E-state index in [9.17, 15) is 4.79 Å². The van der Waals surface area contributed by atoms with E-state index in [-0.39, 0.29) is 11.8 Å². The largest absolute Gasteiger partial charge is 0.369 e. The molecule has 2 aromatic rings. The molecule has 4 N–H and O–H groups in total. The van der Waals surface area contributed by atoms with Crippen molar-refractivity contribution in [1.29, 1.82) is 0 Å². The van der Waals surface area contributed by atoms with Crippen molar-refractivity contribution in [1.82, 2.24) is 20.6 Å². The Morgan fingerprint density at radius 1 is 1.40 bits per heavy atom. The second kappa shape index (κ2) is 10.4. The van der Waals surface area contributed by atoms with Gasteiger partial charge in [0.15, 0.2) is 5.96 Å². The number of carbonyl (C=O) groups excluding carboxylic acids is 1. The van der Waals surface area contributed by atoms with Gasteiger partial charge >= 0.3 is 0 Å². The van der Waals surface area contributed by atoms with E-state index < -0.39 is 0 Å². The molecule has 30 heavy (non-hydrogen) atoms. The fourth-order valence-electron chi connectivity index (χ4n) is 3.49. The van der Waals surface area contributed by atoms with Crippen molar-refractivity contribution in [2.75, 3.05) is 25.0 Å². The van der Waals surface area contributed by atoms with Crippen LogP contribution >= 0.6 is 11.3 Å². The summed E-state index contributed by atoms with van der Waals surface area (Å²) in [6.07, 6.45) is 3.57. The zero-order valence-electron chi connectivity index (χ0n) is 17.9. The Morgan fingerprint density at radius 2 is 2.20 bits per heavy atom. The molecular weight excluding hydrogens is 398 g/mol. The molecule has 1 amide bonds. The molecule has 0 radical (unpaired) electrons. The lowest BCUT2D eigenvalue weighted by molar-refractivity contribution is -0.122. The maximum atomic E-state index is 11.6. The number of amides is 1. The van der Waals surface area contributed by atoms with Gasteiger partial charge < -0.3 is 21.3 Å². The highest BCUT2D eigenvalue weighted by atomic mass is 32.1. The summed E-state index contributed by atoms with van der Waals surface area (Å²) in [5.41, 5.74) is 7.71. The summed E-state index contributed by atoms with van der Waals surface area (Å²) >= 11 is 1.66. The second-order valence-electron chi connectivity index (χ2n) is 7.77. The summed E-state index contributed by atoms with van der Waals surface area (Å²) in [6.45, 7) is 7.00. The van der Waals surface area contributed by atoms with Gasteiger partial charge in [0, 0.05) is 43.8 Å². The molecule has 1 unspecified atom stereocenters. The maximum Gasteiger partial charge on any atom is 0.222 e. The molecule has 3 rings (SSSR count). The normalized spacial score (nSPS) is 17.3. The van der Waals surface area contributed by atoms with Gasteiger partial charge in [0.25, 0.3) is 0 Å². The number of hydrogen-bond donors (Lipinski definition) is 3. The quantitative estimate of drug-likeness (QED) is 0.460. The summed E-state index contributed by atoms with van der Waals surface area (Å²) in [5.74, 6) is 1.68. The first-order chi connectivity index (χ1) is 14.5. The minimum atomic E-state index is -0.234. The minimum absolute atomic E-state index is 0.120. The zero-order valence-corrected chi connectivity index (χ0v) is 18.7. The molecule has 1 atom stereocenters. The molecule has 162 valence electrons. The van der Waals surface area contributed by atoms with Crippen LogP contribution in [0.4, 0.5) is 5.82 Å². The summed E-state index contributed by atoms with van der Waals surface area (Å²) in [6, 6.07) is 3.97. The Hall–Kier alpha value is -2.68. The van der Waals surface area contributed by atoms with Gasteiger partial charge in [0.05, 0.1) is 18.2 Å². The molecule has 0 spiro atoms. The van der Waals surface area contributed by atoms with E-state index in [1.54, 1.807) is 24.6 Å². The SMILES string of the molecule is CN=C(NCc1nc(C(C)C)cs1)NCc1cccnc1N1CCCC(C(N)=O)C1. The van der Waals surface area contributed by atoms with E-state index >= 15 is 0 Å². The third kappa shape index (κ3) is 5.69. The highest BCUT2D eigenvalue weighted by Crippen LogP contribution is 2.24. The van der Waals surface area contributed by atoms with Crippen LogP contribution in [0.5, 0.6) is 0 Å². The summed E-state index contributed by atoms with van der Waals surface area (Å²) in [4.78, 5) is 27.3. The Labute approximate surface area is 182 Å². The molecule has 2 aromatic heterocycles. The molecule has 1 aliphatic rings. The molecule has 9 heteroatoms. The highest BCUT2D eigenvalue weighted by molar-refractivity contribution is 7.09. The van der Waals surface area contributed by atoms with E-state index in [1.807, 2.05) is 12.1 Å². The van der Waals surface area contributed by atoms with Crippen LogP contribution in [0.25, 0.3) is 0 Å². The number of thiazole rings is 1. The van der Waals surface area contributed by atoms with Crippen LogP contribution < -0.4 is 21.3 Å². The average Bonchev–Trinajstić information content (AvgIpc) is 3.24. The Balaban J connectivity index is 1.59. The monoisotopic (exact) mass is 429 g/mol. The van der Waals surface area contributed by atoms with Gasteiger partial charge in [-0.1, -0.05) is 19.9 Å². The highest BCUT2D eigenvalue weighted by Gasteiger charge is 2.26. The standard InChI is InChI=1S/C21H31N7OS/c1-14(2)17-13-30-18(27-17)11-26-21(23-3)25-10-15-6-4-8-24-20(15)28-9-5-7-16(12-28)19(22)29/h4,6,8,13-14,16H,5,7,9-12H2,1-3H3,(H2,22,29)(H2,23,25,26). The van der Waals surface area contributed by atoms with Crippen LogP contribution in [0.2, 0.25) is 0 Å². The van der Waals surface area contributed by atoms with Gasteiger partial charge in [-0.15, -0.1) is 11.3 Å². The van der Waals surface area contributed by atoms with Gasteiger partial charge in [0.2, 0.25) is 5.91 Å². The predicted octanol–water partition coefficient (Wildman–Crippen LogP) is 2.23. The molecule has 1 saturated heterocycles. The number of hydrogen-bond acceptors (Lipinski definition) is 6. The lowest BCUT2D eigenvalue weighted by Crippen LogP contribution is -2.42. The molecule has 0 bridgehead atoms. The van der Waals surface area contributed by atoms with Crippen LogP contribution in [0, 0.1) is 5.92 Å². The fraction of sp³-hybridized carbons (Fsp3) is 0.524. The van der Waals surface area contributed by atoms with Crippen LogP contribution in [-0.2, 0) is 17.9 Å². The number of piperidine rings is 1. The molecule has 8 nitrogen and oxygen atoms in total. The number of guanidine groups is 1. The van der Waals surface area contributed by atoms with Crippen molar-refractivity contribution in [3.63, 3.8) is 0 Å². The molecule has 0 aliphatic carbocycles. The lowest BCUT2D eigenvalue weighted by atomic mass is 9.97. The van der Waals surface area contributed by atoms with Crippen molar-refractivity contribution in [2.45, 2.75) is 45.7 Å². The van der Waals surface area contributed by atoms with E-state index in [2.05, 4.69) is 49.7 Å². The van der Waals surface area contributed by atoms with Crippen molar-refractivity contribution in [2.24, 2.45) is 16.6 Å². The smallest absolute Gasteiger partial charge is 0.222 e. The van der Waals surface area contributed by atoms with Crippen molar-refractivity contribution in [3.8, 4) is 0 Å². The Morgan fingerprint density at radius 3 is 2.90 bits per heavy atom. The van der Waals surface area contributed by atoms with Crippen molar-refractivity contribution >= 4 is 29.0 Å². The lowest BCUT2D eigenvalue weighted by Gasteiger charge is -2.33. The van der Waals surface area contributed by atoms with Gasteiger partial charge in [-0.2, -0.15) is 0 Å². The van der Waals surface area contributed by atoms with Crippen LogP contribution in [0.3, 0.4) is 0 Å². The van der Waals surface area contributed by atoms with Gasteiger partial charge in [0.1, 0.15) is 10.8 Å². The number of nitrogens with two attached hydrogens (primary N) is 1. The third-order valence-electron chi connectivity index (χ3n) is 5.23. The van der Waals surface area contributed by atoms with E-state index in [0.29, 0.717) is 31.5 Å². The Bertz CT molecular complexity index is 880. The zero-order chi connectivity index (χ0) is 21.5. The number of anilines is 1. The minimum Gasteiger partial charge on any atom is -0.369 e. The van der Waals surface area contributed by atoms with E-state index in [0.717, 1.165) is 41.5 Å². The number of aromatic nitrogens is 2. The Kier molecular flexibility index (Phi) is 7.62. The maximum absolute atomic E-state index is 11.6. The van der Waals surface area contributed by atoms with Gasteiger partial charge in [-0.05, 0) is 24.8 Å². The van der Waals surface area contributed by atoms with E-state index in [1.165, 1.54) is 0 Å². The molecule has 0 saturated carbocycles. The van der Waals surface area contributed by atoms with Gasteiger partial charge in [-0.3, -0.25) is 9.79 Å². The second-order valence-corrected chi connectivity index (χ2v) is 8.72. The van der Waals surface area contributed by atoms with Gasteiger partial charge in [-0.25, -0.2) is 9.97 Å². The number of aliphatic imine (C=N–C) groups is 1. The molecule has 1 fully saturated rings. The third-order valence-corrected chi connectivity index (χ3v) is 6.10. The number of primary amides is 1. The topological polar surface area (TPSA) is 109 Å². The first-order valence-corrected chi connectivity index (χ1v) is 11.2. The summed E-state index contributed by atoms with van der Waals surface area (Å²) in [5, 5.41) is 9.82. The number of rotatable bonds is 7. The molecule has 0 aromatic carbocycles. The predicted molar refractivity (Wildman–Crippen MR) is 122 cm³/mol. The van der Waals surface area contributed by atoms with Crippen LogP contribution in [0.15, 0.2) is 28.7 Å². The number of carbonyl (C=O) groups is 1. The van der Waals surface area contributed by atoms with Crippen LogP contribution in [0.1, 0.15) is 48.9 Å². The number of nitrogens with zero attached hydrogens (tertiary/aromatic N) is 4. The molecule has 1 aliphatic heterocycles. The van der Waals surface area contributed by atoms with Crippen molar-refractivity contribution < 1.29 is 4.79 Å². The first kappa shape index (κ1) is 22.0.